The Bertz CT molecular complexity index is 414. The Kier molecular flexibility index (Phi) is 3.57. The van der Waals surface area contributed by atoms with Gasteiger partial charge in [-0.05, 0) is 19.4 Å². The van der Waals surface area contributed by atoms with E-state index in [-0.39, 0.29) is 5.54 Å². The van der Waals surface area contributed by atoms with Crippen molar-refractivity contribution in [2.24, 2.45) is 4.99 Å². The van der Waals surface area contributed by atoms with E-state index in [2.05, 4.69) is 29.1 Å². The zero-order chi connectivity index (χ0) is 12.3. The van der Waals surface area contributed by atoms with Crippen LogP contribution in [0.4, 0.5) is 0 Å². The van der Waals surface area contributed by atoms with Gasteiger partial charge in [0.15, 0.2) is 5.17 Å². The van der Waals surface area contributed by atoms with Gasteiger partial charge >= 0.3 is 0 Å². The Morgan fingerprint density at radius 3 is 2.88 bits per heavy atom. The summed E-state index contributed by atoms with van der Waals surface area (Å²) in [6.07, 6.45) is 1.80. The molecule has 4 nitrogen and oxygen atoms in total. The molecule has 5 heteroatoms. The molecule has 0 atom stereocenters. The van der Waals surface area contributed by atoms with Crippen LogP contribution in [0.2, 0.25) is 0 Å². The molecule has 17 heavy (non-hydrogen) atoms. The molecule has 0 aliphatic carbocycles. The van der Waals surface area contributed by atoms with Crippen molar-refractivity contribution in [3.8, 4) is 5.88 Å². The number of amidine groups is 1. The molecule has 1 saturated heterocycles. The number of nitrogens with one attached hydrogen (secondary N) is 1. The Hall–Kier alpha value is -1.23. The normalized spacial score (nSPS) is 20.3. The van der Waals surface area contributed by atoms with Crippen molar-refractivity contribution >= 4 is 16.9 Å². The average Bonchev–Trinajstić information content (AvgIpc) is 2.67. The van der Waals surface area contributed by atoms with E-state index in [1.165, 1.54) is 0 Å². The number of hydrogen-bond acceptors (Lipinski definition) is 4. The van der Waals surface area contributed by atoms with Gasteiger partial charge in [0.25, 0.3) is 0 Å². The summed E-state index contributed by atoms with van der Waals surface area (Å²) in [4.78, 5) is 8.68. The molecule has 1 aromatic heterocycles. The summed E-state index contributed by atoms with van der Waals surface area (Å²) in [5, 5.41) is 4.41. The fraction of sp³-hybridized carbons (Fsp3) is 0.500. The minimum atomic E-state index is 0.154. The summed E-state index contributed by atoms with van der Waals surface area (Å²) in [6.45, 7) is 5.01. The molecule has 0 amide bonds. The number of thioether (sulfide) groups is 1. The van der Waals surface area contributed by atoms with Gasteiger partial charge in [-0.2, -0.15) is 0 Å². The van der Waals surface area contributed by atoms with Crippen molar-refractivity contribution in [1.82, 2.24) is 10.3 Å². The van der Waals surface area contributed by atoms with Gasteiger partial charge in [-0.25, -0.2) is 4.98 Å². The van der Waals surface area contributed by atoms with Crippen molar-refractivity contribution in [3.05, 3.63) is 23.9 Å². The molecule has 0 unspecified atom stereocenters. The lowest BCUT2D eigenvalue weighted by Crippen LogP contribution is -2.36. The molecule has 1 aliphatic heterocycles. The maximum absolute atomic E-state index is 5.01. The predicted molar refractivity (Wildman–Crippen MR) is 71.6 cm³/mol. The van der Waals surface area contributed by atoms with Crippen LogP contribution in [0.15, 0.2) is 23.3 Å². The topological polar surface area (TPSA) is 46.5 Å². The number of ether oxygens (including phenoxy) is 1. The maximum Gasteiger partial charge on any atom is 0.212 e. The van der Waals surface area contributed by atoms with E-state index in [0.717, 1.165) is 16.5 Å². The fourth-order valence-electron chi connectivity index (χ4n) is 1.48. The molecular weight excluding hydrogens is 234 g/mol. The quantitative estimate of drug-likeness (QED) is 0.893. The molecular formula is C12H17N3OS. The smallest absolute Gasteiger partial charge is 0.212 e. The minimum absolute atomic E-state index is 0.154. The number of nitrogens with zero attached hydrogens (tertiary/aromatic N) is 2. The van der Waals surface area contributed by atoms with Crippen LogP contribution in [-0.4, -0.2) is 28.6 Å². The molecule has 0 radical (unpaired) electrons. The predicted octanol–water partition coefficient (Wildman–Crippen LogP) is 2.06. The Balaban J connectivity index is 1.95. The van der Waals surface area contributed by atoms with E-state index in [4.69, 9.17) is 4.74 Å². The van der Waals surface area contributed by atoms with Gasteiger partial charge in [0.2, 0.25) is 5.88 Å². The van der Waals surface area contributed by atoms with Crippen LogP contribution in [0.3, 0.4) is 0 Å². The highest BCUT2D eigenvalue weighted by Crippen LogP contribution is 2.22. The first-order valence-corrected chi connectivity index (χ1v) is 6.52. The number of aliphatic imine (C=N–C) groups is 1. The molecule has 1 N–H and O–H groups in total. The summed E-state index contributed by atoms with van der Waals surface area (Å²) in [6, 6.07) is 3.84. The van der Waals surface area contributed by atoms with Crippen molar-refractivity contribution in [3.63, 3.8) is 0 Å². The largest absolute Gasteiger partial charge is 0.481 e. The molecule has 1 fully saturated rings. The third-order valence-electron chi connectivity index (χ3n) is 2.43. The van der Waals surface area contributed by atoms with Gasteiger partial charge in [0, 0.05) is 23.6 Å². The van der Waals surface area contributed by atoms with E-state index in [1.54, 1.807) is 25.1 Å². The molecule has 1 aliphatic rings. The van der Waals surface area contributed by atoms with Crippen molar-refractivity contribution < 1.29 is 4.74 Å². The maximum atomic E-state index is 5.01. The highest BCUT2D eigenvalue weighted by atomic mass is 32.2. The van der Waals surface area contributed by atoms with Crippen LogP contribution in [0.5, 0.6) is 5.88 Å². The summed E-state index contributed by atoms with van der Waals surface area (Å²) in [5.41, 5.74) is 1.24. The Labute approximate surface area is 106 Å². The van der Waals surface area contributed by atoms with Crippen LogP contribution in [-0.2, 0) is 6.54 Å². The molecule has 0 saturated carbocycles. The molecule has 0 spiro atoms. The lowest BCUT2D eigenvalue weighted by molar-refractivity contribution is 0.397. The summed E-state index contributed by atoms with van der Waals surface area (Å²) < 4.78 is 5.01. The van der Waals surface area contributed by atoms with E-state index >= 15 is 0 Å². The number of aromatic nitrogens is 1. The summed E-state index contributed by atoms with van der Waals surface area (Å²) >= 11 is 1.77. The lowest BCUT2D eigenvalue weighted by atomic mass is 10.1. The average molecular weight is 251 g/mol. The molecule has 1 aromatic rings. The van der Waals surface area contributed by atoms with Gasteiger partial charge < -0.3 is 10.1 Å². The lowest BCUT2D eigenvalue weighted by Gasteiger charge is -2.15. The zero-order valence-electron chi connectivity index (χ0n) is 10.4. The van der Waals surface area contributed by atoms with E-state index < -0.39 is 0 Å². The van der Waals surface area contributed by atoms with Crippen LogP contribution >= 0.6 is 11.8 Å². The Morgan fingerprint density at radius 2 is 2.35 bits per heavy atom. The van der Waals surface area contributed by atoms with Crippen LogP contribution in [0.25, 0.3) is 0 Å². The molecule has 2 rings (SSSR count). The van der Waals surface area contributed by atoms with Gasteiger partial charge in [-0.3, -0.25) is 4.99 Å². The number of methoxy groups -OCH3 is 1. The van der Waals surface area contributed by atoms with E-state index in [0.29, 0.717) is 12.4 Å². The van der Waals surface area contributed by atoms with Crippen molar-refractivity contribution in [1.29, 1.82) is 0 Å². The van der Waals surface area contributed by atoms with Crippen molar-refractivity contribution in [2.75, 3.05) is 12.9 Å². The second-order valence-corrected chi connectivity index (χ2v) is 5.59. The van der Waals surface area contributed by atoms with Crippen LogP contribution in [0.1, 0.15) is 19.4 Å². The fourth-order valence-corrected chi connectivity index (χ4v) is 2.56. The standard InChI is InChI=1S/C12H17N3OS/c1-12(2)8-17-11(15-12)14-7-9-4-5-10(16-3)13-6-9/h4-6H,7-8H2,1-3H3,(H,14,15). The van der Waals surface area contributed by atoms with Crippen molar-refractivity contribution in [2.45, 2.75) is 25.9 Å². The second-order valence-electron chi connectivity index (χ2n) is 4.63. The van der Waals surface area contributed by atoms with Gasteiger partial charge in [-0.15, -0.1) is 0 Å². The molecule has 0 bridgehead atoms. The van der Waals surface area contributed by atoms with Gasteiger partial charge in [0.1, 0.15) is 0 Å². The number of hydrogen-bond donors (Lipinski definition) is 1. The Morgan fingerprint density at radius 1 is 1.53 bits per heavy atom. The highest BCUT2D eigenvalue weighted by Gasteiger charge is 2.26. The summed E-state index contributed by atoms with van der Waals surface area (Å²) in [5.74, 6) is 1.70. The minimum Gasteiger partial charge on any atom is -0.481 e. The SMILES string of the molecule is COc1ccc(CN=C2NC(C)(C)CS2)cn1. The second kappa shape index (κ2) is 4.96. The third kappa shape index (κ3) is 3.36. The van der Waals surface area contributed by atoms with Crippen LogP contribution < -0.4 is 10.1 Å². The first-order chi connectivity index (χ1) is 8.09. The van der Waals surface area contributed by atoms with E-state index in [9.17, 15) is 0 Å². The molecule has 2 heterocycles. The van der Waals surface area contributed by atoms with Gasteiger partial charge in [-0.1, -0.05) is 17.8 Å². The highest BCUT2D eigenvalue weighted by molar-refractivity contribution is 8.14. The van der Waals surface area contributed by atoms with Crippen LogP contribution in [0, 0.1) is 0 Å². The summed E-state index contributed by atoms with van der Waals surface area (Å²) in [7, 11) is 1.61. The van der Waals surface area contributed by atoms with E-state index in [1.807, 2.05) is 12.1 Å². The number of rotatable bonds is 3. The van der Waals surface area contributed by atoms with Gasteiger partial charge in [0.05, 0.1) is 13.7 Å². The molecule has 0 aromatic carbocycles. The number of pyridine rings is 1. The third-order valence-corrected chi connectivity index (χ3v) is 3.80. The zero-order valence-corrected chi connectivity index (χ0v) is 11.2. The monoisotopic (exact) mass is 251 g/mol. The first-order valence-electron chi connectivity index (χ1n) is 5.53. The molecule has 92 valence electrons. The first kappa shape index (κ1) is 12.2.